The van der Waals surface area contributed by atoms with Gasteiger partial charge in [0.1, 0.15) is 0 Å². The minimum Gasteiger partial charge on any atom is -0.416 e. The van der Waals surface area contributed by atoms with E-state index in [1.54, 1.807) is 0 Å². The molecule has 0 heterocycles. The largest absolute Gasteiger partial charge is 0.416 e. The van der Waals surface area contributed by atoms with Gasteiger partial charge in [-0.15, -0.1) is 0 Å². The van der Waals surface area contributed by atoms with E-state index in [4.69, 9.17) is 10.2 Å². The fourth-order valence-electron chi connectivity index (χ4n) is 1.56. The highest BCUT2D eigenvalue weighted by Crippen LogP contribution is 2.21. The second-order valence-corrected chi connectivity index (χ2v) is 9.49. The molecule has 2 N–H and O–H groups in total. The van der Waals surface area contributed by atoms with Gasteiger partial charge in [0, 0.05) is 24.7 Å². The van der Waals surface area contributed by atoms with Crippen molar-refractivity contribution >= 4 is 20.1 Å². The Kier molecular flexibility index (Phi) is 9.07. The van der Waals surface area contributed by atoms with E-state index >= 15 is 0 Å². The SMILES string of the molecule is CC[Si](CC)(CC)OCCSCCN. The molecule has 0 bridgehead atoms. The fraction of sp³-hybridized carbons (Fsp3) is 1.00. The zero-order chi connectivity index (χ0) is 10.9. The predicted molar refractivity (Wildman–Crippen MR) is 69.5 cm³/mol. The van der Waals surface area contributed by atoms with Crippen molar-refractivity contribution in [2.24, 2.45) is 5.73 Å². The summed E-state index contributed by atoms with van der Waals surface area (Å²) in [6.07, 6.45) is 0. The van der Waals surface area contributed by atoms with E-state index in [1.807, 2.05) is 11.8 Å². The molecule has 0 aromatic carbocycles. The minimum atomic E-state index is -1.32. The van der Waals surface area contributed by atoms with Crippen LogP contribution in [0, 0.1) is 0 Å². The van der Waals surface area contributed by atoms with Crippen molar-refractivity contribution in [1.82, 2.24) is 0 Å². The minimum absolute atomic E-state index is 0.780. The average molecular weight is 235 g/mol. The molecule has 0 radical (unpaired) electrons. The second-order valence-electron chi connectivity index (χ2n) is 3.49. The molecule has 0 aliphatic heterocycles. The third-order valence-corrected chi connectivity index (χ3v) is 8.49. The Labute approximate surface area is 94.1 Å². The van der Waals surface area contributed by atoms with Crippen LogP contribution in [0.25, 0.3) is 0 Å². The van der Waals surface area contributed by atoms with Crippen LogP contribution in [0.3, 0.4) is 0 Å². The maximum atomic E-state index is 6.10. The lowest BCUT2D eigenvalue weighted by molar-refractivity contribution is 0.324. The standard InChI is InChI=1S/C10H25NOSSi/c1-4-14(5-2,6-3)12-8-10-13-9-7-11/h4-11H2,1-3H3. The molecule has 0 atom stereocenters. The van der Waals surface area contributed by atoms with Crippen molar-refractivity contribution in [3.05, 3.63) is 0 Å². The Bertz CT molecular complexity index is 123. The first kappa shape index (κ1) is 14.5. The van der Waals surface area contributed by atoms with Crippen LogP contribution in [-0.4, -0.2) is 33.0 Å². The predicted octanol–water partition coefficient (Wildman–Crippen LogP) is 2.70. The van der Waals surface area contributed by atoms with Crippen molar-refractivity contribution < 1.29 is 4.43 Å². The highest BCUT2D eigenvalue weighted by molar-refractivity contribution is 7.99. The van der Waals surface area contributed by atoms with Crippen molar-refractivity contribution in [3.8, 4) is 0 Å². The van der Waals surface area contributed by atoms with Crippen LogP contribution >= 0.6 is 11.8 Å². The van der Waals surface area contributed by atoms with Crippen LogP contribution < -0.4 is 5.73 Å². The lowest BCUT2D eigenvalue weighted by Crippen LogP contribution is -2.36. The maximum Gasteiger partial charge on any atom is 0.192 e. The molecule has 0 aromatic rings. The van der Waals surface area contributed by atoms with E-state index in [-0.39, 0.29) is 0 Å². The molecule has 2 nitrogen and oxygen atoms in total. The summed E-state index contributed by atoms with van der Waals surface area (Å²) in [5, 5.41) is 0. The van der Waals surface area contributed by atoms with Crippen molar-refractivity contribution in [1.29, 1.82) is 0 Å². The van der Waals surface area contributed by atoms with Gasteiger partial charge in [-0.05, 0) is 18.1 Å². The average Bonchev–Trinajstić information content (AvgIpc) is 2.24. The topological polar surface area (TPSA) is 35.2 Å². The molecule has 0 fully saturated rings. The van der Waals surface area contributed by atoms with Gasteiger partial charge >= 0.3 is 0 Å². The van der Waals surface area contributed by atoms with Crippen molar-refractivity contribution in [2.45, 2.75) is 38.9 Å². The van der Waals surface area contributed by atoms with Crippen LogP contribution in [0.2, 0.25) is 18.1 Å². The fourth-order valence-corrected chi connectivity index (χ4v) is 4.93. The Hall–Kier alpha value is 0.487. The molecule has 0 rings (SSSR count). The summed E-state index contributed by atoms with van der Waals surface area (Å²) in [6.45, 7) is 8.51. The summed E-state index contributed by atoms with van der Waals surface area (Å²) in [6, 6.07) is 3.75. The lowest BCUT2D eigenvalue weighted by atomic mass is 10.8. The van der Waals surface area contributed by atoms with Crippen LogP contribution in [0.5, 0.6) is 0 Å². The monoisotopic (exact) mass is 235 g/mol. The van der Waals surface area contributed by atoms with Crippen LogP contribution in [-0.2, 0) is 4.43 Å². The van der Waals surface area contributed by atoms with Crippen LogP contribution in [0.4, 0.5) is 0 Å². The highest BCUT2D eigenvalue weighted by Gasteiger charge is 2.27. The molecule has 14 heavy (non-hydrogen) atoms. The Morgan fingerprint density at radius 1 is 1.07 bits per heavy atom. The van der Waals surface area contributed by atoms with E-state index in [0.717, 1.165) is 24.7 Å². The molecule has 0 amide bonds. The Morgan fingerprint density at radius 3 is 2.07 bits per heavy atom. The van der Waals surface area contributed by atoms with Gasteiger partial charge in [0.25, 0.3) is 0 Å². The Morgan fingerprint density at radius 2 is 1.64 bits per heavy atom. The molecule has 0 spiro atoms. The van der Waals surface area contributed by atoms with Gasteiger partial charge in [-0.1, -0.05) is 20.8 Å². The van der Waals surface area contributed by atoms with Gasteiger partial charge in [0.05, 0.1) is 0 Å². The van der Waals surface area contributed by atoms with Crippen molar-refractivity contribution in [3.63, 3.8) is 0 Å². The molecular weight excluding hydrogens is 210 g/mol. The van der Waals surface area contributed by atoms with Crippen molar-refractivity contribution in [2.75, 3.05) is 24.7 Å². The number of thioether (sulfide) groups is 1. The quantitative estimate of drug-likeness (QED) is 0.493. The summed E-state index contributed by atoms with van der Waals surface area (Å²) >= 11 is 1.90. The molecule has 0 aliphatic carbocycles. The highest BCUT2D eigenvalue weighted by atomic mass is 32.2. The third-order valence-electron chi connectivity index (χ3n) is 2.83. The number of hydrogen-bond donors (Lipinski definition) is 1. The van der Waals surface area contributed by atoms with E-state index in [2.05, 4.69) is 20.8 Å². The van der Waals surface area contributed by atoms with E-state index < -0.39 is 8.32 Å². The molecule has 0 aliphatic rings. The molecule has 0 aromatic heterocycles. The van der Waals surface area contributed by atoms with E-state index in [1.165, 1.54) is 18.1 Å². The number of rotatable bonds is 9. The molecule has 0 saturated carbocycles. The van der Waals surface area contributed by atoms with Crippen LogP contribution in [0.15, 0.2) is 0 Å². The summed E-state index contributed by atoms with van der Waals surface area (Å²) in [4.78, 5) is 0. The van der Waals surface area contributed by atoms with Gasteiger partial charge in [0.15, 0.2) is 8.32 Å². The number of nitrogens with two attached hydrogens (primary N) is 1. The summed E-state index contributed by atoms with van der Waals surface area (Å²) < 4.78 is 6.10. The van der Waals surface area contributed by atoms with Gasteiger partial charge in [-0.3, -0.25) is 0 Å². The zero-order valence-corrected chi connectivity index (χ0v) is 11.7. The van der Waals surface area contributed by atoms with Gasteiger partial charge in [0.2, 0.25) is 0 Å². The summed E-state index contributed by atoms with van der Waals surface area (Å²) in [7, 11) is -1.32. The van der Waals surface area contributed by atoms with E-state index in [9.17, 15) is 0 Å². The maximum absolute atomic E-state index is 6.10. The first-order valence-electron chi connectivity index (χ1n) is 5.66. The first-order chi connectivity index (χ1) is 6.74. The van der Waals surface area contributed by atoms with Gasteiger partial charge in [-0.25, -0.2) is 0 Å². The summed E-state index contributed by atoms with van der Waals surface area (Å²) in [5.74, 6) is 2.16. The first-order valence-corrected chi connectivity index (χ1v) is 9.34. The zero-order valence-electron chi connectivity index (χ0n) is 9.84. The second kappa shape index (κ2) is 8.77. The summed E-state index contributed by atoms with van der Waals surface area (Å²) in [5.41, 5.74) is 5.42. The molecule has 4 heteroatoms. The molecule has 0 unspecified atom stereocenters. The van der Waals surface area contributed by atoms with Crippen LogP contribution in [0.1, 0.15) is 20.8 Å². The molecular formula is C10H25NOSSi. The Balaban J connectivity index is 3.61. The molecule has 0 saturated heterocycles. The van der Waals surface area contributed by atoms with E-state index in [0.29, 0.717) is 0 Å². The van der Waals surface area contributed by atoms with Gasteiger partial charge in [-0.2, -0.15) is 11.8 Å². The number of hydrogen-bond acceptors (Lipinski definition) is 3. The third kappa shape index (κ3) is 5.39. The normalized spacial score (nSPS) is 12.0. The smallest absolute Gasteiger partial charge is 0.192 e. The van der Waals surface area contributed by atoms with Gasteiger partial charge < -0.3 is 10.2 Å². The lowest BCUT2D eigenvalue weighted by Gasteiger charge is -2.27. The molecule has 86 valence electrons.